The Morgan fingerprint density at radius 2 is 1.91 bits per heavy atom. The fourth-order valence-corrected chi connectivity index (χ4v) is 4.77. The van der Waals surface area contributed by atoms with E-state index < -0.39 is 17.7 Å². The monoisotopic (exact) mass is 483 g/mol. The van der Waals surface area contributed by atoms with E-state index in [1.165, 1.54) is 12.1 Å². The van der Waals surface area contributed by atoms with Gasteiger partial charge in [0.25, 0.3) is 0 Å². The Labute approximate surface area is 201 Å². The number of carbonyl (C=O) groups is 1. The summed E-state index contributed by atoms with van der Waals surface area (Å²) in [4.78, 5) is 15.3. The van der Waals surface area contributed by atoms with Crippen LogP contribution >= 0.6 is 0 Å². The van der Waals surface area contributed by atoms with Crippen LogP contribution in [-0.4, -0.2) is 60.1 Å². The maximum absolute atomic E-state index is 14.0. The van der Waals surface area contributed by atoms with Gasteiger partial charge in [-0.2, -0.15) is 5.10 Å². The Morgan fingerprint density at radius 3 is 2.66 bits per heavy atom. The van der Waals surface area contributed by atoms with Crippen molar-refractivity contribution >= 4 is 11.8 Å². The van der Waals surface area contributed by atoms with Crippen LogP contribution in [0.15, 0.2) is 48.5 Å². The van der Waals surface area contributed by atoms with Crippen molar-refractivity contribution in [1.82, 2.24) is 20.0 Å². The first-order valence-electron chi connectivity index (χ1n) is 11.5. The molecule has 2 amide bonds. The van der Waals surface area contributed by atoms with Crippen molar-refractivity contribution in [3.8, 4) is 5.69 Å². The molecular weight excluding hydrogens is 456 g/mol. The molecule has 2 N–H and O–H groups in total. The van der Waals surface area contributed by atoms with Crippen LogP contribution in [-0.2, 0) is 22.7 Å². The normalized spacial score (nSPS) is 19.6. The highest BCUT2D eigenvalue weighted by atomic mass is 19.1. The lowest BCUT2D eigenvalue weighted by atomic mass is 9.94. The van der Waals surface area contributed by atoms with Gasteiger partial charge in [-0.15, -0.1) is 0 Å². The second-order valence-electron chi connectivity index (χ2n) is 8.78. The SMILES string of the molecule is COCCN1C[C@@H](NC(=O)Nc2c3c(nn2-c2ccccc2)COC3)[C@H](c2cc(F)cc(F)c2)C1. The van der Waals surface area contributed by atoms with Crippen molar-refractivity contribution in [2.24, 2.45) is 0 Å². The zero-order valence-electron chi connectivity index (χ0n) is 19.3. The molecule has 8 nitrogen and oxygen atoms in total. The summed E-state index contributed by atoms with van der Waals surface area (Å²) in [6.45, 7) is 2.98. The van der Waals surface area contributed by atoms with E-state index >= 15 is 0 Å². The third-order valence-corrected chi connectivity index (χ3v) is 6.42. The summed E-state index contributed by atoms with van der Waals surface area (Å²) in [5.41, 5.74) is 2.94. The zero-order valence-corrected chi connectivity index (χ0v) is 19.3. The molecule has 2 aromatic carbocycles. The Balaban J connectivity index is 1.37. The number of hydrogen-bond acceptors (Lipinski definition) is 5. The Hall–Kier alpha value is -3.34. The van der Waals surface area contributed by atoms with Crippen molar-refractivity contribution in [2.75, 3.05) is 38.7 Å². The molecule has 0 saturated carbocycles. The Kier molecular flexibility index (Phi) is 6.76. The molecule has 5 rings (SSSR count). The predicted octanol–water partition coefficient (Wildman–Crippen LogP) is 3.42. The fraction of sp³-hybridized carbons (Fsp3) is 0.360. The molecule has 1 aromatic heterocycles. The van der Waals surface area contributed by atoms with E-state index in [0.717, 1.165) is 23.0 Å². The molecule has 184 valence electrons. The Morgan fingerprint density at radius 1 is 1.14 bits per heavy atom. The molecule has 2 aliphatic heterocycles. The van der Waals surface area contributed by atoms with Crippen molar-refractivity contribution in [3.63, 3.8) is 0 Å². The number of rotatable bonds is 7. The van der Waals surface area contributed by atoms with Gasteiger partial charge in [0, 0.05) is 44.3 Å². The van der Waals surface area contributed by atoms with Gasteiger partial charge in [0.05, 0.1) is 37.2 Å². The first kappa shape index (κ1) is 23.4. The van der Waals surface area contributed by atoms with Crippen LogP contribution in [0.1, 0.15) is 22.7 Å². The molecule has 0 spiro atoms. The maximum atomic E-state index is 14.0. The van der Waals surface area contributed by atoms with Crippen molar-refractivity contribution in [2.45, 2.75) is 25.2 Å². The van der Waals surface area contributed by atoms with Crippen LogP contribution in [0.3, 0.4) is 0 Å². The van der Waals surface area contributed by atoms with Crippen LogP contribution in [0.2, 0.25) is 0 Å². The number of anilines is 1. The number of para-hydroxylation sites is 1. The van der Waals surface area contributed by atoms with E-state index in [0.29, 0.717) is 50.8 Å². The molecule has 1 saturated heterocycles. The number of nitrogens with zero attached hydrogens (tertiary/aromatic N) is 3. The van der Waals surface area contributed by atoms with E-state index in [-0.39, 0.29) is 12.0 Å². The predicted molar refractivity (Wildman–Crippen MR) is 125 cm³/mol. The number of urea groups is 1. The lowest BCUT2D eigenvalue weighted by molar-refractivity contribution is 0.131. The maximum Gasteiger partial charge on any atom is 0.320 e. The lowest BCUT2D eigenvalue weighted by Gasteiger charge is -2.21. The number of fused-ring (bicyclic) bond motifs is 1. The highest BCUT2D eigenvalue weighted by molar-refractivity contribution is 5.90. The molecule has 0 bridgehead atoms. The van der Waals surface area contributed by atoms with Crippen LogP contribution < -0.4 is 10.6 Å². The molecule has 3 aromatic rings. The van der Waals surface area contributed by atoms with Gasteiger partial charge in [-0.1, -0.05) is 18.2 Å². The summed E-state index contributed by atoms with van der Waals surface area (Å²) in [7, 11) is 1.62. The molecule has 10 heteroatoms. The summed E-state index contributed by atoms with van der Waals surface area (Å²) in [6.07, 6.45) is 0. The summed E-state index contributed by atoms with van der Waals surface area (Å²) in [5.74, 6) is -1.01. The van der Waals surface area contributed by atoms with E-state index in [2.05, 4.69) is 20.6 Å². The van der Waals surface area contributed by atoms with Crippen LogP contribution in [0.5, 0.6) is 0 Å². The highest BCUT2D eigenvalue weighted by Crippen LogP contribution is 2.31. The van der Waals surface area contributed by atoms with Gasteiger partial charge in [-0.25, -0.2) is 18.3 Å². The lowest BCUT2D eigenvalue weighted by Crippen LogP contribution is -2.42. The van der Waals surface area contributed by atoms with Gasteiger partial charge in [-0.3, -0.25) is 10.2 Å². The van der Waals surface area contributed by atoms with E-state index in [4.69, 9.17) is 9.47 Å². The van der Waals surface area contributed by atoms with Crippen LogP contribution in [0.25, 0.3) is 5.69 Å². The average Bonchev–Trinajstić information content (AvgIpc) is 3.54. The average molecular weight is 484 g/mol. The molecule has 2 atom stereocenters. The van der Waals surface area contributed by atoms with Gasteiger partial charge in [0.2, 0.25) is 0 Å². The zero-order chi connectivity index (χ0) is 24.4. The quantitative estimate of drug-likeness (QED) is 0.539. The van der Waals surface area contributed by atoms with E-state index in [1.54, 1.807) is 11.8 Å². The molecule has 0 aliphatic carbocycles. The summed E-state index contributed by atoms with van der Waals surface area (Å²) in [5, 5.41) is 10.6. The summed E-state index contributed by atoms with van der Waals surface area (Å²) < 4.78 is 40.3. The second-order valence-corrected chi connectivity index (χ2v) is 8.78. The summed E-state index contributed by atoms with van der Waals surface area (Å²) >= 11 is 0. The minimum Gasteiger partial charge on any atom is -0.383 e. The van der Waals surface area contributed by atoms with Gasteiger partial charge in [0.1, 0.15) is 17.5 Å². The number of carbonyl (C=O) groups excluding carboxylic acids is 1. The largest absolute Gasteiger partial charge is 0.383 e. The number of nitrogens with one attached hydrogen (secondary N) is 2. The first-order valence-corrected chi connectivity index (χ1v) is 11.5. The second kappa shape index (κ2) is 10.1. The number of ether oxygens (including phenoxy) is 2. The first-order chi connectivity index (χ1) is 17.0. The van der Waals surface area contributed by atoms with E-state index in [9.17, 15) is 13.6 Å². The van der Waals surface area contributed by atoms with Crippen LogP contribution in [0, 0.1) is 11.6 Å². The topological polar surface area (TPSA) is 80.7 Å². The number of hydrogen-bond donors (Lipinski definition) is 2. The summed E-state index contributed by atoms with van der Waals surface area (Å²) in [6, 6.07) is 12.3. The fourth-order valence-electron chi connectivity index (χ4n) is 4.77. The molecule has 35 heavy (non-hydrogen) atoms. The molecule has 0 unspecified atom stereocenters. The number of aromatic nitrogens is 2. The van der Waals surface area contributed by atoms with Gasteiger partial charge in [-0.05, 0) is 29.8 Å². The molecular formula is C25H27F2N5O3. The number of amides is 2. The third-order valence-electron chi connectivity index (χ3n) is 6.42. The highest BCUT2D eigenvalue weighted by Gasteiger charge is 2.36. The number of likely N-dealkylation sites (tertiary alicyclic amines) is 1. The van der Waals surface area contributed by atoms with Crippen molar-refractivity contribution in [3.05, 3.63) is 77.0 Å². The minimum atomic E-state index is -0.638. The van der Waals surface area contributed by atoms with Crippen molar-refractivity contribution in [1.29, 1.82) is 0 Å². The standard InChI is InChI=1S/C25H27F2N5O3/c1-34-8-7-31-12-20(16-9-17(26)11-18(27)10-16)22(13-31)28-25(33)29-24-21-14-35-15-23(21)30-32(24)19-5-3-2-4-6-19/h2-6,9-11,20,22H,7-8,12-15H2,1H3,(H2,28,29,33)/t20-,22+/m0/s1. The number of benzene rings is 2. The molecule has 2 aliphatic rings. The molecule has 3 heterocycles. The van der Waals surface area contributed by atoms with Crippen molar-refractivity contribution < 1.29 is 23.0 Å². The number of halogens is 2. The minimum absolute atomic E-state index is 0.282. The van der Waals surface area contributed by atoms with E-state index in [1.807, 2.05) is 30.3 Å². The van der Waals surface area contributed by atoms with Gasteiger partial charge < -0.3 is 14.8 Å². The van der Waals surface area contributed by atoms with Crippen LogP contribution in [0.4, 0.5) is 19.4 Å². The number of methoxy groups -OCH3 is 1. The smallest absolute Gasteiger partial charge is 0.320 e. The molecule has 0 radical (unpaired) electrons. The Bertz CT molecular complexity index is 1180. The third kappa shape index (κ3) is 5.04. The molecule has 1 fully saturated rings. The van der Waals surface area contributed by atoms with Gasteiger partial charge >= 0.3 is 6.03 Å². The van der Waals surface area contributed by atoms with Gasteiger partial charge in [0.15, 0.2) is 0 Å².